The van der Waals surface area contributed by atoms with Crippen LogP contribution in [0.2, 0.25) is 0 Å². The topological polar surface area (TPSA) is 77.2 Å². The zero-order valence-corrected chi connectivity index (χ0v) is 11.5. The first kappa shape index (κ1) is 13.8. The highest BCUT2D eigenvalue weighted by Crippen LogP contribution is 2.36. The molecule has 1 heterocycles. The molecule has 0 spiro atoms. The standard InChI is InChI=1S/C14H21N3O2/c1-14(7-4-3-5-12(14)15)13(18)17-10-9-16-8-6-11(10)19-2/h6,8-9,12H,3-5,7,15H2,1-2H3,(H,17,18). The third kappa shape index (κ3) is 2.71. The third-order valence-corrected chi connectivity index (χ3v) is 4.05. The van der Waals surface area contributed by atoms with E-state index < -0.39 is 5.41 Å². The molecule has 1 aromatic heterocycles. The van der Waals surface area contributed by atoms with E-state index in [-0.39, 0.29) is 11.9 Å². The van der Waals surface area contributed by atoms with Crippen LogP contribution in [-0.2, 0) is 4.79 Å². The Morgan fingerprint density at radius 3 is 3.05 bits per heavy atom. The summed E-state index contributed by atoms with van der Waals surface area (Å²) in [4.78, 5) is 16.5. The summed E-state index contributed by atoms with van der Waals surface area (Å²) in [6, 6.07) is 1.63. The number of carbonyl (C=O) groups excluding carboxylic acids is 1. The SMILES string of the molecule is COc1ccncc1NC(=O)C1(C)CCCCC1N. The largest absolute Gasteiger partial charge is 0.494 e. The molecular weight excluding hydrogens is 242 g/mol. The first-order valence-electron chi connectivity index (χ1n) is 6.63. The zero-order chi connectivity index (χ0) is 13.9. The molecule has 19 heavy (non-hydrogen) atoms. The second-order valence-electron chi connectivity index (χ2n) is 5.30. The molecule has 1 aromatic rings. The smallest absolute Gasteiger partial charge is 0.232 e. The van der Waals surface area contributed by atoms with E-state index in [4.69, 9.17) is 10.5 Å². The molecule has 0 saturated heterocycles. The number of hydrogen-bond acceptors (Lipinski definition) is 4. The van der Waals surface area contributed by atoms with Crippen molar-refractivity contribution in [3.63, 3.8) is 0 Å². The monoisotopic (exact) mass is 263 g/mol. The van der Waals surface area contributed by atoms with E-state index in [1.54, 1.807) is 25.6 Å². The van der Waals surface area contributed by atoms with E-state index >= 15 is 0 Å². The van der Waals surface area contributed by atoms with Crippen molar-refractivity contribution >= 4 is 11.6 Å². The van der Waals surface area contributed by atoms with Gasteiger partial charge in [-0.05, 0) is 19.8 Å². The Bertz CT molecular complexity index is 464. The summed E-state index contributed by atoms with van der Waals surface area (Å²) in [5, 5.41) is 2.90. The van der Waals surface area contributed by atoms with E-state index in [0.717, 1.165) is 25.7 Å². The first-order valence-corrected chi connectivity index (χ1v) is 6.63. The van der Waals surface area contributed by atoms with Gasteiger partial charge in [-0.15, -0.1) is 0 Å². The summed E-state index contributed by atoms with van der Waals surface area (Å²) >= 11 is 0. The molecule has 2 rings (SSSR count). The molecule has 1 fully saturated rings. The number of anilines is 1. The van der Waals surface area contributed by atoms with Crippen LogP contribution in [0.25, 0.3) is 0 Å². The van der Waals surface area contributed by atoms with Crippen LogP contribution in [0.5, 0.6) is 5.75 Å². The second-order valence-corrected chi connectivity index (χ2v) is 5.30. The van der Waals surface area contributed by atoms with Gasteiger partial charge in [0.15, 0.2) is 0 Å². The van der Waals surface area contributed by atoms with Crippen molar-refractivity contribution < 1.29 is 9.53 Å². The molecule has 5 heteroatoms. The molecular formula is C14H21N3O2. The fourth-order valence-corrected chi connectivity index (χ4v) is 2.56. The molecule has 1 aliphatic carbocycles. The summed E-state index contributed by atoms with van der Waals surface area (Å²) in [5.74, 6) is 0.558. The van der Waals surface area contributed by atoms with Gasteiger partial charge in [-0.25, -0.2) is 0 Å². The van der Waals surface area contributed by atoms with Gasteiger partial charge >= 0.3 is 0 Å². The van der Waals surface area contributed by atoms with Crippen LogP contribution in [0.15, 0.2) is 18.5 Å². The average Bonchev–Trinajstić information content (AvgIpc) is 2.42. The number of nitrogens with zero attached hydrogens (tertiary/aromatic N) is 1. The van der Waals surface area contributed by atoms with Gasteiger partial charge in [-0.2, -0.15) is 0 Å². The van der Waals surface area contributed by atoms with Crippen LogP contribution in [0, 0.1) is 5.41 Å². The van der Waals surface area contributed by atoms with Crippen LogP contribution < -0.4 is 15.8 Å². The van der Waals surface area contributed by atoms with Gasteiger partial charge in [0.05, 0.1) is 18.7 Å². The Labute approximate surface area is 113 Å². The summed E-state index contributed by atoms with van der Waals surface area (Å²) in [6.07, 6.45) is 7.08. The Morgan fingerprint density at radius 1 is 1.58 bits per heavy atom. The lowest BCUT2D eigenvalue weighted by atomic mass is 9.71. The number of pyridine rings is 1. The Kier molecular flexibility index (Phi) is 4.04. The van der Waals surface area contributed by atoms with Crippen molar-refractivity contribution in [2.24, 2.45) is 11.1 Å². The average molecular weight is 263 g/mol. The van der Waals surface area contributed by atoms with Gasteiger partial charge in [0.25, 0.3) is 0 Å². The van der Waals surface area contributed by atoms with Gasteiger partial charge < -0.3 is 15.8 Å². The highest BCUT2D eigenvalue weighted by Gasteiger charge is 2.41. The molecule has 3 N–H and O–H groups in total. The number of amides is 1. The summed E-state index contributed by atoms with van der Waals surface area (Å²) in [5.41, 5.74) is 6.21. The van der Waals surface area contributed by atoms with Gasteiger partial charge in [-0.1, -0.05) is 12.8 Å². The number of aromatic nitrogens is 1. The molecule has 104 valence electrons. The van der Waals surface area contributed by atoms with E-state index in [1.165, 1.54) is 0 Å². The maximum Gasteiger partial charge on any atom is 0.232 e. The number of carbonyl (C=O) groups is 1. The summed E-state index contributed by atoms with van der Waals surface area (Å²) in [6.45, 7) is 1.94. The van der Waals surface area contributed by atoms with E-state index in [1.807, 2.05) is 6.92 Å². The molecule has 0 bridgehead atoms. The Balaban J connectivity index is 2.16. The lowest BCUT2D eigenvalue weighted by Gasteiger charge is -2.37. The lowest BCUT2D eigenvalue weighted by Crippen LogP contribution is -2.50. The van der Waals surface area contributed by atoms with Crippen LogP contribution >= 0.6 is 0 Å². The van der Waals surface area contributed by atoms with Crippen molar-refractivity contribution in [1.29, 1.82) is 0 Å². The van der Waals surface area contributed by atoms with Crippen LogP contribution in [0.3, 0.4) is 0 Å². The predicted octanol–water partition coefficient (Wildman–Crippen LogP) is 1.94. The van der Waals surface area contributed by atoms with Gasteiger partial charge in [-0.3, -0.25) is 9.78 Å². The number of rotatable bonds is 3. The van der Waals surface area contributed by atoms with Crippen molar-refractivity contribution in [2.75, 3.05) is 12.4 Å². The van der Waals surface area contributed by atoms with Crippen LogP contribution in [0.4, 0.5) is 5.69 Å². The first-order chi connectivity index (χ1) is 9.08. The number of nitrogens with one attached hydrogen (secondary N) is 1. The van der Waals surface area contributed by atoms with Crippen molar-refractivity contribution in [3.05, 3.63) is 18.5 Å². The maximum absolute atomic E-state index is 12.5. The molecule has 0 radical (unpaired) electrons. The van der Waals surface area contributed by atoms with E-state index in [0.29, 0.717) is 11.4 Å². The van der Waals surface area contributed by atoms with Crippen molar-refractivity contribution in [1.82, 2.24) is 4.98 Å². The van der Waals surface area contributed by atoms with Crippen LogP contribution in [-0.4, -0.2) is 24.0 Å². The molecule has 2 atom stereocenters. The van der Waals surface area contributed by atoms with Gasteiger partial charge in [0.1, 0.15) is 11.4 Å². The van der Waals surface area contributed by atoms with Gasteiger partial charge in [0.2, 0.25) is 5.91 Å². The molecule has 1 saturated carbocycles. The summed E-state index contributed by atoms with van der Waals surface area (Å²) < 4.78 is 5.21. The minimum Gasteiger partial charge on any atom is -0.494 e. The third-order valence-electron chi connectivity index (χ3n) is 4.05. The zero-order valence-electron chi connectivity index (χ0n) is 11.5. The molecule has 5 nitrogen and oxygen atoms in total. The Morgan fingerprint density at radius 2 is 2.37 bits per heavy atom. The molecule has 1 aliphatic rings. The van der Waals surface area contributed by atoms with Gasteiger partial charge in [0, 0.05) is 18.3 Å². The summed E-state index contributed by atoms with van der Waals surface area (Å²) in [7, 11) is 1.57. The molecule has 0 aromatic carbocycles. The second kappa shape index (κ2) is 5.57. The molecule has 0 aliphatic heterocycles. The quantitative estimate of drug-likeness (QED) is 0.873. The highest BCUT2D eigenvalue weighted by molar-refractivity contribution is 5.96. The van der Waals surface area contributed by atoms with Crippen LogP contribution in [0.1, 0.15) is 32.6 Å². The Hall–Kier alpha value is -1.62. The number of hydrogen-bond donors (Lipinski definition) is 2. The highest BCUT2D eigenvalue weighted by atomic mass is 16.5. The molecule has 2 unspecified atom stereocenters. The van der Waals surface area contributed by atoms with Crippen molar-refractivity contribution in [3.8, 4) is 5.75 Å². The number of nitrogens with two attached hydrogens (primary N) is 1. The number of methoxy groups -OCH3 is 1. The van der Waals surface area contributed by atoms with Crippen molar-refractivity contribution in [2.45, 2.75) is 38.6 Å². The fourth-order valence-electron chi connectivity index (χ4n) is 2.56. The predicted molar refractivity (Wildman–Crippen MR) is 74.0 cm³/mol. The normalized spacial score (nSPS) is 26.8. The fraction of sp³-hybridized carbons (Fsp3) is 0.571. The molecule has 1 amide bonds. The maximum atomic E-state index is 12.5. The van der Waals surface area contributed by atoms with E-state index in [9.17, 15) is 4.79 Å². The minimum absolute atomic E-state index is 0.0500. The number of ether oxygens (including phenoxy) is 1. The minimum atomic E-state index is -0.515. The van der Waals surface area contributed by atoms with E-state index in [2.05, 4.69) is 10.3 Å². The lowest BCUT2D eigenvalue weighted by molar-refractivity contribution is -0.127.